The number of fused-ring (bicyclic) bond motifs is 1. The van der Waals surface area contributed by atoms with Gasteiger partial charge in [-0.1, -0.05) is 26.8 Å². The van der Waals surface area contributed by atoms with E-state index in [2.05, 4.69) is 36.4 Å². The maximum atomic E-state index is 5.88. The van der Waals surface area contributed by atoms with Gasteiger partial charge in [-0.2, -0.15) is 0 Å². The van der Waals surface area contributed by atoms with Crippen LogP contribution in [0.1, 0.15) is 47.1 Å². The molecular formula is C16H24N2OS. The Balaban J connectivity index is 2.63. The van der Waals surface area contributed by atoms with Crippen LogP contribution in [0.4, 0.5) is 0 Å². The summed E-state index contributed by atoms with van der Waals surface area (Å²) in [5.74, 6) is 1.42. The predicted octanol–water partition coefficient (Wildman–Crippen LogP) is 5.09. The van der Waals surface area contributed by atoms with Crippen LogP contribution in [0.5, 0.6) is 5.75 Å². The summed E-state index contributed by atoms with van der Waals surface area (Å²) in [6.45, 7) is 10.8. The lowest BCUT2D eigenvalue weighted by Crippen LogP contribution is -2.14. The number of hydrogen-bond donors (Lipinski definition) is 1. The van der Waals surface area contributed by atoms with Gasteiger partial charge in [0.1, 0.15) is 11.3 Å². The highest BCUT2D eigenvalue weighted by Crippen LogP contribution is 2.31. The first kappa shape index (κ1) is 15.1. The summed E-state index contributed by atoms with van der Waals surface area (Å²) < 4.78 is 8.90. The number of nitrogens with one attached hydrogen (secondary N) is 1. The van der Waals surface area contributed by atoms with Crippen molar-refractivity contribution < 1.29 is 4.74 Å². The summed E-state index contributed by atoms with van der Waals surface area (Å²) in [5, 5.41) is 0. The zero-order valence-corrected chi connectivity index (χ0v) is 13.8. The van der Waals surface area contributed by atoms with Gasteiger partial charge < -0.3 is 14.3 Å². The largest absolute Gasteiger partial charge is 0.489 e. The fraction of sp³-hybridized carbons (Fsp3) is 0.562. The Morgan fingerprint density at radius 1 is 1.25 bits per heavy atom. The fourth-order valence-corrected chi connectivity index (χ4v) is 3.09. The first-order valence-electron chi connectivity index (χ1n) is 7.35. The molecular weight excluding hydrogens is 268 g/mol. The molecule has 0 saturated heterocycles. The number of imidazole rings is 1. The van der Waals surface area contributed by atoms with Crippen molar-refractivity contribution in [2.24, 2.45) is 5.92 Å². The molecule has 0 saturated carbocycles. The van der Waals surface area contributed by atoms with Gasteiger partial charge in [0.05, 0.1) is 11.6 Å². The molecule has 1 heterocycles. The van der Waals surface area contributed by atoms with Gasteiger partial charge >= 0.3 is 0 Å². The molecule has 1 aromatic heterocycles. The quantitative estimate of drug-likeness (QED) is 0.778. The molecule has 0 spiro atoms. The van der Waals surface area contributed by atoms with Gasteiger partial charge in [0.25, 0.3) is 0 Å². The fourth-order valence-electron chi connectivity index (χ4n) is 2.76. The van der Waals surface area contributed by atoms with Gasteiger partial charge in [-0.05, 0) is 50.5 Å². The smallest absolute Gasteiger partial charge is 0.178 e. The number of aromatic nitrogens is 2. The van der Waals surface area contributed by atoms with Gasteiger partial charge in [-0.15, -0.1) is 0 Å². The molecule has 0 fully saturated rings. The standard InChI is InChI=1S/C16H24N2OS/c1-6-12(10(2)3)18-13-8-7-9-14(19-11(4)5)15(13)17-16(18)20/h7-12H,6H2,1-5H3,(H,17,20). The minimum atomic E-state index is 0.151. The average molecular weight is 292 g/mol. The molecule has 2 aromatic rings. The van der Waals surface area contributed by atoms with Gasteiger partial charge in [-0.3, -0.25) is 0 Å². The second-order valence-electron chi connectivity index (χ2n) is 5.84. The first-order valence-corrected chi connectivity index (χ1v) is 7.76. The van der Waals surface area contributed by atoms with Gasteiger partial charge in [0.15, 0.2) is 4.77 Å². The number of aromatic amines is 1. The summed E-state index contributed by atoms with van der Waals surface area (Å²) in [6.07, 6.45) is 1.21. The Morgan fingerprint density at radius 2 is 1.95 bits per heavy atom. The average Bonchev–Trinajstić information content (AvgIpc) is 2.68. The van der Waals surface area contributed by atoms with Crippen LogP contribution in [0.25, 0.3) is 11.0 Å². The Bertz CT molecular complexity index is 639. The maximum Gasteiger partial charge on any atom is 0.178 e. The van der Waals surface area contributed by atoms with Crippen molar-refractivity contribution in [3.05, 3.63) is 23.0 Å². The van der Waals surface area contributed by atoms with Crippen LogP contribution in [0.3, 0.4) is 0 Å². The molecule has 0 amide bonds. The van der Waals surface area contributed by atoms with Gasteiger partial charge in [0.2, 0.25) is 0 Å². The topological polar surface area (TPSA) is 29.9 Å². The lowest BCUT2D eigenvalue weighted by molar-refractivity contribution is 0.245. The monoisotopic (exact) mass is 292 g/mol. The Labute approximate surface area is 126 Å². The summed E-state index contributed by atoms with van der Waals surface area (Å²) in [7, 11) is 0. The van der Waals surface area contributed by atoms with Crippen molar-refractivity contribution in [1.29, 1.82) is 0 Å². The van der Waals surface area contributed by atoms with E-state index >= 15 is 0 Å². The van der Waals surface area contributed by atoms with Crippen LogP contribution in [0.15, 0.2) is 18.2 Å². The van der Waals surface area contributed by atoms with Gasteiger partial charge in [0, 0.05) is 6.04 Å². The van der Waals surface area contributed by atoms with E-state index in [1.165, 1.54) is 0 Å². The second-order valence-corrected chi connectivity index (χ2v) is 6.22. The number of ether oxygens (including phenoxy) is 1. The van der Waals surface area contributed by atoms with Crippen LogP contribution in [-0.2, 0) is 0 Å². The van der Waals surface area contributed by atoms with Crippen LogP contribution < -0.4 is 4.74 Å². The molecule has 1 aromatic carbocycles. The molecule has 0 bridgehead atoms. The van der Waals surface area contributed by atoms with E-state index < -0.39 is 0 Å². The number of para-hydroxylation sites is 1. The van der Waals surface area contributed by atoms with Crippen molar-refractivity contribution in [3.8, 4) is 5.75 Å². The zero-order chi connectivity index (χ0) is 14.9. The lowest BCUT2D eigenvalue weighted by atomic mass is 10.0. The number of rotatable bonds is 5. The zero-order valence-electron chi connectivity index (χ0n) is 12.9. The van der Waals surface area contributed by atoms with Gasteiger partial charge in [-0.25, -0.2) is 0 Å². The summed E-state index contributed by atoms with van der Waals surface area (Å²) in [4.78, 5) is 3.32. The molecule has 4 heteroatoms. The highest BCUT2D eigenvalue weighted by atomic mass is 32.1. The van der Waals surface area contributed by atoms with Crippen LogP contribution in [0.2, 0.25) is 0 Å². The molecule has 0 aliphatic heterocycles. The van der Waals surface area contributed by atoms with E-state index in [-0.39, 0.29) is 6.10 Å². The SMILES string of the molecule is CCC(C(C)C)n1c(=S)[nH]c2c(OC(C)C)cccc21. The highest BCUT2D eigenvalue weighted by Gasteiger charge is 2.18. The molecule has 0 radical (unpaired) electrons. The molecule has 3 nitrogen and oxygen atoms in total. The molecule has 2 rings (SSSR count). The minimum Gasteiger partial charge on any atom is -0.489 e. The van der Waals surface area contributed by atoms with E-state index in [0.29, 0.717) is 12.0 Å². The predicted molar refractivity (Wildman–Crippen MR) is 87.1 cm³/mol. The third-order valence-electron chi connectivity index (χ3n) is 3.60. The van der Waals surface area contributed by atoms with E-state index in [0.717, 1.165) is 28.0 Å². The van der Waals surface area contributed by atoms with Crippen molar-refractivity contribution >= 4 is 23.3 Å². The van der Waals surface area contributed by atoms with Crippen molar-refractivity contribution in [1.82, 2.24) is 9.55 Å². The Morgan fingerprint density at radius 3 is 2.50 bits per heavy atom. The van der Waals surface area contributed by atoms with Crippen LogP contribution in [-0.4, -0.2) is 15.7 Å². The maximum absolute atomic E-state index is 5.88. The molecule has 20 heavy (non-hydrogen) atoms. The summed E-state index contributed by atoms with van der Waals surface area (Å²) in [6, 6.07) is 6.55. The van der Waals surface area contributed by atoms with E-state index in [9.17, 15) is 0 Å². The molecule has 0 aliphatic rings. The lowest BCUT2D eigenvalue weighted by Gasteiger charge is -2.22. The van der Waals surface area contributed by atoms with E-state index in [1.807, 2.05) is 26.0 Å². The second kappa shape index (κ2) is 6.00. The van der Waals surface area contributed by atoms with Crippen molar-refractivity contribution in [2.75, 3.05) is 0 Å². The van der Waals surface area contributed by atoms with Crippen LogP contribution >= 0.6 is 12.2 Å². The Kier molecular flexibility index (Phi) is 4.53. The molecule has 1 unspecified atom stereocenters. The molecule has 1 N–H and O–H groups in total. The normalized spacial score (nSPS) is 13.3. The number of H-pyrrole nitrogens is 1. The molecule has 1 atom stereocenters. The molecule has 110 valence electrons. The van der Waals surface area contributed by atoms with Crippen LogP contribution in [0, 0.1) is 10.7 Å². The van der Waals surface area contributed by atoms with E-state index in [4.69, 9.17) is 17.0 Å². The number of hydrogen-bond acceptors (Lipinski definition) is 2. The summed E-state index contributed by atoms with van der Waals surface area (Å²) in [5.41, 5.74) is 2.14. The van der Waals surface area contributed by atoms with Crippen molar-refractivity contribution in [2.45, 2.75) is 53.2 Å². The first-order chi connectivity index (χ1) is 9.45. The van der Waals surface area contributed by atoms with E-state index in [1.54, 1.807) is 0 Å². The van der Waals surface area contributed by atoms with Crippen molar-refractivity contribution in [3.63, 3.8) is 0 Å². The third-order valence-corrected chi connectivity index (χ3v) is 3.90. The number of benzene rings is 1. The Hall–Kier alpha value is -1.29. The minimum absolute atomic E-state index is 0.151. The molecule has 0 aliphatic carbocycles. The number of nitrogens with zero attached hydrogens (tertiary/aromatic N) is 1. The third kappa shape index (κ3) is 2.75. The highest BCUT2D eigenvalue weighted by molar-refractivity contribution is 7.71. The summed E-state index contributed by atoms with van der Waals surface area (Å²) >= 11 is 5.54.